The first-order chi connectivity index (χ1) is 8.24. The van der Waals surface area contributed by atoms with Gasteiger partial charge in [0.15, 0.2) is 0 Å². The van der Waals surface area contributed by atoms with Gasteiger partial charge in [0.05, 0.1) is 5.69 Å². The van der Waals surface area contributed by atoms with Gasteiger partial charge in [0.25, 0.3) is 0 Å². The minimum Gasteiger partial charge on any atom is -0.477 e. The lowest BCUT2D eigenvalue weighted by molar-refractivity contribution is 0.0690. The second kappa shape index (κ2) is 3.92. The summed E-state index contributed by atoms with van der Waals surface area (Å²) in [6.07, 6.45) is 1.11. The molecule has 0 spiro atoms. The van der Waals surface area contributed by atoms with Crippen molar-refractivity contribution in [3.8, 4) is 11.3 Å². The van der Waals surface area contributed by atoms with Crippen LogP contribution in [0.5, 0.6) is 0 Å². The number of H-pyrrole nitrogens is 1. The summed E-state index contributed by atoms with van der Waals surface area (Å²) >= 11 is 1.84. The van der Waals surface area contributed by atoms with Crippen LogP contribution >= 0.6 is 11.8 Å². The van der Waals surface area contributed by atoms with Crippen LogP contribution in [-0.4, -0.2) is 27.0 Å². The fourth-order valence-electron chi connectivity index (χ4n) is 1.90. The molecule has 2 heterocycles. The third-order valence-electron chi connectivity index (χ3n) is 2.80. The highest BCUT2D eigenvalue weighted by Crippen LogP contribution is 2.34. The number of hydrogen-bond acceptors (Lipinski definition) is 3. The first kappa shape index (κ1) is 10.4. The van der Waals surface area contributed by atoms with Crippen LogP contribution in [0.3, 0.4) is 0 Å². The van der Waals surface area contributed by atoms with Crippen molar-refractivity contribution >= 4 is 17.7 Å². The number of aromatic carboxylic acids is 1. The number of hydrogen-bond donors (Lipinski definition) is 2. The van der Waals surface area contributed by atoms with Gasteiger partial charge >= 0.3 is 5.97 Å². The maximum atomic E-state index is 10.8. The van der Waals surface area contributed by atoms with Gasteiger partial charge in [-0.1, -0.05) is 12.1 Å². The van der Waals surface area contributed by atoms with Gasteiger partial charge in [0.2, 0.25) is 0 Å². The van der Waals surface area contributed by atoms with E-state index in [1.54, 1.807) is 6.07 Å². The molecule has 86 valence electrons. The molecular formula is C12H10N2O2S. The number of thioether (sulfide) groups is 1. The summed E-state index contributed by atoms with van der Waals surface area (Å²) in [7, 11) is 0. The van der Waals surface area contributed by atoms with Crippen molar-refractivity contribution in [2.45, 2.75) is 11.3 Å². The Hall–Kier alpha value is -1.75. The molecule has 1 aromatic carbocycles. The van der Waals surface area contributed by atoms with E-state index in [0.29, 0.717) is 5.69 Å². The average Bonchev–Trinajstić information content (AvgIpc) is 2.97. The Kier molecular flexibility index (Phi) is 2.40. The molecule has 17 heavy (non-hydrogen) atoms. The molecule has 3 rings (SSSR count). The maximum absolute atomic E-state index is 10.8. The molecule has 1 aliphatic heterocycles. The lowest BCUT2D eigenvalue weighted by Gasteiger charge is -2.00. The Morgan fingerprint density at radius 2 is 2.29 bits per heavy atom. The summed E-state index contributed by atoms with van der Waals surface area (Å²) in [6.45, 7) is 0. The minimum absolute atomic E-state index is 0.119. The number of aromatic nitrogens is 2. The molecule has 0 saturated carbocycles. The van der Waals surface area contributed by atoms with Crippen molar-refractivity contribution in [3.63, 3.8) is 0 Å². The molecule has 1 aromatic heterocycles. The number of rotatable bonds is 2. The zero-order valence-corrected chi connectivity index (χ0v) is 9.75. The molecule has 0 unspecified atom stereocenters. The standard InChI is InChI=1S/C12H10N2O2S/c15-12(16)10-6-9(13-14-10)8-2-1-7-3-4-17-11(7)5-8/h1-2,5-6H,3-4H2,(H,13,14)(H,15,16). The molecule has 0 saturated heterocycles. The first-order valence-electron chi connectivity index (χ1n) is 5.29. The SMILES string of the molecule is O=C(O)c1cc(-c2ccc3c(c2)SCC3)n[nH]1. The Bertz CT molecular complexity index is 592. The summed E-state index contributed by atoms with van der Waals surface area (Å²) in [6, 6.07) is 7.73. The minimum atomic E-state index is -0.987. The summed E-state index contributed by atoms with van der Waals surface area (Å²) in [5.41, 5.74) is 3.13. The van der Waals surface area contributed by atoms with Crippen LogP contribution in [0.1, 0.15) is 16.1 Å². The Labute approximate surface area is 102 Å². The van der Waals surface area contributed by atoms with Crippen molar-refractivity contribution in [3.05, 3.63) is 35.5 Å². The van der Waals surface area contributed by atoms with Crippen LogP contribution < -0.4 is 0 Å². The summed E-state index contributed by atoms with van der Waals surface area (Å²) in [4.78, 5) is 12.0. The van der Waals surface area contributed by atoms with Gasteiger partial charge in [-0.05, 0) is 24.1 Å². The molecule has 2 aromatic rings. The fourth-order valence-corrected chi connectivity index (χ4v) is 3.01. The Morgan fingerprint density at radius 1 is 1.41 bits per heavy atom. The van der Waals surface area contributed by atoms with E-state index in [0.717, 1.165) is 17.7 Å². The van der Waals surface area contributed by atoms with E-state index in [9.17, 15) is 4.79 Å². The fraction of sp³-hybridized carbons (Fsp3) is 0.167. The van der Waals surface area contributed by atoms with Gasteiger partial charge in [0.1, 0.15) is 5.69 Å². The highest BCUT2D eigenvalue weighted by Gasteiger charge is 2.14. The van der Waals surface area contributed by atoms with E-state index in [1.165, 1.54) is 10.5 Å². The van der Waals surface area contributed by atoms with Crippen molar-refractivity contribution < 1.29 is 9.90 Å². The van der Waals surface area contributed by atoms with E-state index in [4.69, 9.17) is 5.11 Å². The largest absolute Gasteiger partial charge is 0.477 e. The summed E-state index contributed by atoms with van der Waals surface area (Å²) in [5.74, 6) is 0.138. The topological polar surface area (TPSA) is 66.0 Å². The lowest BCUT2D eigenvalue weighted by atomic mass is 10.1. The molecule has 0 amide bonds. The molecule has 4 nitrogen and oxygen atoms in total. The van der Waals surface area contributed by atoms with Crippen LogP contribution in [0.25, 0.3) is 11.3 Å². The van der Waals surface area contributed by atoms with Gasteiger partial charge in [-0.3, -0.25) is 5.10 Å². The van der Waals surface area contributed by atoms with Crippen LogP contribution in [-0.2, 0) is 6.42 Å². The van der Waals surface area contributed by atoms with E-state index in [1.807, 2.05) is 17.8 Å². The third kappa shape index (κ3) is 1.82. The summed E-state index contributed by atoms with van der Waals surface area (Å²) < 4.78 is 0. The quantitative estimate of drug-likeness (QED) is 0.854. The van der Waals surface area contributed by atoms with E-state index in [2.05, 4.69) is 22.3 Å². The number of fused-ring (bicyclic) bond motifs is 1. The second-order valence-electron chi connectivity index (χ2n) is 3.89. The zero-order chi connectivity index (χ0) is 11.8. The molecule has 0 radical (unpaired) electrons. The first-order valence-corrected chi connectivity index (χ1v) is 6.27. The molecular weight excluding hydrogens is 236 g/mol. The predicted molar refractivity (Wildman–Crippen MR) is 65.4 cm³/mol. The van der Waals surface area contributed by atoms with E-state index >= 15 is 0 Å². The highest BCUT2D eigenvalue weighted by atomic mass is 32.2. The van der Waals surface area contributed by atoms with Gasteiger partial charge in [-0.15, -0.1) is 11.8 Å². The van der Waals surface area contributed by atoms with Gasteiger partial charge in [0, 0.05) is 16.2 Å². The number of benzene rings is 1. The number of nitrogens with one attached hydrogen (secondary N) is 1. The van der Waals surface area contributed by atoms with Crippen LogP contribution in [0.2, 0.25) is 0 Å². The monoisotopic (exact) mass is 246 g/mol. The van der Waals surface area contributed by atoms with Crippen LogP contribution in [0.15, 0.2) is 29.2 Å². The van der Waals surface area contributed by atoms with Gasteiger partial charge in [-0.2, -0.15) is 5.10 Å². The maximum Gasteiger partial charge on any atom is 0.353 e. The molecule has 0 atom stereocenters. The summed E-state index contributed by atoms with van der Waals surface area (Å²) in [5, 5.41) is 15.4. The lowest BCUT2D eigenvalue weighted by Crippen LogP contribution is -1.95. The van der Waals surface area contributed by atoms with Crippen LogP contribution in [0, 0.1) is 0 Å². The van der Waals surface area contributed by atoms with Crippen molar-refractivity contribution in [1.29, 1.82) is 0 Å². The average molecular weight is 246 g/mol. The van der Waals surface area contributed by atoms with E-state index < -0.39 is 5.97 Å². The Balaban J connectivity index is 2.00. The second-order valence-corrected chi connectivity index (χ2v) is 5.03. The molecule has 0 aliphatic carbocycles. The smallest absolute Gasteiger partial charge is 0.353 e. The number of carbonyl (C=O) groups is 1. The number of nitrogens with zero attached hydrogens (tertiary/aromatic N) is 1. The molecule has 1 aliphatic rings. The highest BCUT2D eigenvalue weighted by molar-refractivity contribution is 7.99. The van der Waals surface area contributed by atoms with Crippen molar-refractivity contribution in [2.24, 2.45) is 0 Å². The van der Waals surface area contributed by atoms with Crippen LogP contribution in [0.4, 0.5) is 0 Å². The predicted octanol–water partition coefficient (Wildman–Crippen LogP) is 2.42. The molecule has 5 heteroatoms. The van der Waals surface area contributed by atoms with Gasteiger partial charge in [-0.25, -0.2) is 4.79 Å². The van der Waals surface area contributed by atoms with Crippen molar-refractivity contribution in [1.82, 2.24) is 10.2 Å². The van der Waals surface area contributed by atoms with Gasteiger partial charge < -0.3 is 5.11 Å². The molecule has 0 fully saturated rings. The number of carboxylic acids is 1. The third-order valence-corrected chi connectivity index (χ3v) is 3.90. The normalized spacial score (nSPS) is 13.6. The molecule has 2 N–H and O–H groups in total. The number of carboxylic acid groups (broad SMARTS) is 1. The Morgan fingerprint density at radius 3 is 3.06 bits per heavy atom. The van der Waals surface area contributed by atoms with Crippen molar-refractivity contribution in [2.75, 3.05) is 5.75 Å². The number of aryl methyl sites for hydroxylation is 1. The molecule has 0 bridgehead atoms. The number of aromatic amines is 1. The van der Waals surface area contributed by atoms with E-state index in [-0.39, 0.29) is 5.69 Å². The zero-order valence-electron chi connectivity index (χ0n) is 8.93.